The molecule has 6 nitrogen and oxygen atoms in total. The largest absolute Gasteiger partial charge is 0.338 e. The van der Waals surface area contributed by atoms with Crippen LogP contribution in [-0.2, 0) is 18.4 Å². The predicted octanol–water partition coefficient (Wildman–Crippen LogP) is 2.18. The number of nitrogens with zero attached hydrogens (tertiary/aromatic N) is 3. The lowest BCUT2D eigenvalue weighted by Gasteiger charge is -2.38. The molecular formula is C22H24FN3O3. The van der Waals surface area contributed by atoms with Crippen LogP contribution in [0.3, 0.4) is 0 Å². The molecule has 1 spiro atoms. The van der Waals surface area contributed by atoms with Crippen molar-refractivity contribution >= 4 is 11.8 Å². The molecule has 2 fully saturated rings. The van der Waals surface area contributed by atoms with Gasteiger partial charge in [-0.2, -0.15) is 0 Å². The van der Waals surface area contributed by atoms with E-state index in [-0.39, 0.29) is 34.2 Å². The van der Waals surface area contributed by atoms with Gasteiger partial charge in [0, 0.05) is 51.3 Å². The highest BCUT2D eigenvalue weighted by Gasteiger charge is 2.45. The van der Waals surface area contributed by atoms with Crippen molar-refractivity contribution in [2.75, 3.05) is 19.6 Å². The summed E-state index contributed by atoms with van der Waals surface area (Å²) in [5, 5.41) is 0. The second-order valence-electron chi connectivity index (χ2n) is 8.19. The third kappa shape index (κ3) is 3.81. The first kappa shape index (κ1) is 19.4. The molecular weight excluding hydrogens is 373 g/mol. The summed E-state index contributed by atoms with van der Waals surface area (Å²) in [4.78, 5) is 41.1. The minimum Gasteiger partial charge on any atom is -0.338 e. The Balaban J connectivity index is 1.41. The zero-order chi connectivity index (χ0) is 20.6. The highest BCUT2D eigenvalue weighted by atomic mass is 19.1. The Morgan fingerprint density at radius 1 is 1.14 bits per heavy atom. The van der Waals surface area contributed by atoms with E-state index in [1.165, 1.54) is 16.7 Å². The topological polar surface area (TPSA) is 62.6 Å². The molecule has 3 heterocycles. The number of aromatic nitrogens is 1. The van der Waals surface area contributed by atoms with Gasteiger partial charge in [0.15, 0.2) is 0 Å². The van der Waals surface area contributed by atoms with E-state index in [9.17, 15) is 18.8 Å². The maximum atomic E-state index is 13.4. The van der Waals surface area contributed by atoms with Gasteiger partial charge in [0.2, 0.25) is 5.91 Å². The molecule has 2 aliphatic rings. The van der Waals surface area contributed by atoms with E-state index in [1.807, 2.05) is 6.07 Å². The van der Waals surface area contributed by atoms with Crippen LogP contribution in [-0.4, -0.2) is 45.8 Å². The van der Waals surface area contributed by atoms with Crippen LogP contribution in [0.5, 0.6) is 0 Å². The molecule has 2 aliphatic heterocycles. The molecule has 0 N–H and O–H groups in total. The van der Waals surface area contributed by atoms with Crippen molar-refractivity contribution in [1.29, 1.82) is 0 Å². The zero-order valence-electron chi connectivity index (χ0n) is 16.4. The molecule has 0 unspecified atom stereocenters. The summed E-state index contributed by atoms with van der Waals surface area (Å²) < 4.78 is 14.8. The van der Waals surface area contributed by atoms with Gasteiger partial charge in [-0.1, -0.05) is 12.1 Å². The minimum absolute atomic E-state index is 0.0750. The minimum atomic E-state index is -0.303. The lowest BCUT2D eigenvalue weighted by Crippen LogP contribution is -2.45. The summed E-state index contributed by atoms with van der Waals surface area (Å²) in [5.41, 5.74) is 0.516. The lowest BCUT2D eigenvalue weighted by atomic mass is 9.77. The van der Waals surface area contributed by atoms with Gasteiger partial charge in [0.1, 0.15) is 11.4 Å². The number of halogens is 1. The highest BCUT2D eigenvalue weighted by Crippen LogP contribution is 2.41. The van der Waals surface area contributed by atoms with Gasteiger partial charge in [0.25, 0.3) is 11.5 Å². The maximum Gasteiger partial charge on any atom is 0.263 e. The molecule has 2 saturated heterocycles. The molecule has 2 aromatic rings. The van der Waals surface area contributed by atoms with E-state index < -0.39 is 0 Å². The summed E-state index contributed by atoms with van der Waals surface area (Å²) >= 11 is 0. The number of hydrogen-bond acceptors (Lipinski definition) is 3. The Labute approximate surface area is 168 Å². The molecule has 29 heavy (non-hydrogen) atoms. The predicted molar refractivity (Wildman–Crippen MR) is 106 cm³/mol. The Morgan fingerprint density at radius 2 is 1.90 bits per heavy atom. The van der Waals surface area contributed by atoms with Crippen molar-refractivity contribution in [3.8, 4) is 0 Å². The van der Waals surface area contributed by atoms with E-state index in [0.29, 0.717) is 32.6 Å². The molecule has 152 valence electrons. The third-order valence-electron chi connectivity index (χ3n) is 6.13. The lowest BCUT2D eigenvalue weighted by molar-refractivity contribution is -0.128. The van der Waals surface area contributed by atoms with Gasteiger partial charge in [-0.25, -0.2) is 4.39 Å². The fourth-order valence-electron chi connectivity index (χ4n) is 4.43. The fourth-order valence-corrected chi connectivity index (χ4v) is 4.43. The van der Waals surface area contributed by atoms with Crippen molar-refractivity contribution in [1.82, 2.24) is 14.4 Å². The van der Waals surface area contributed by atoms with Crippen LogP contribution >= 0.6 is 0 Å². The smallest absolute Gasteiger partial charge is 0.263 e. The molecule has 1 aromatic heterocycles. The van der Waals surface area contributed by atoms with Crippen LogP contribution in [0.2, 0.25) is 0 Å². The van der Waals surface area contributed by atoms with E-state index in [0.717, 1.165) is 18.4 Å². The van der Waals surface area contributed by atoms with Crippen LogP contribution in [0.15, 0.2) is 47.4 Å². The van der Waals surface area contributed by atoms with Crippen LogP contribution in [0, 0.1) is 11.2 Å². The fraction of sp³-hybridized carbons (Fsp3) is 0.409. The number of carbonyl (C=O) groups excluding carboxylic acids is 2. The number of piperidine rings is 1. The average molecular weight is 397 g/mol. The van der Waals surface area contributed by atoms with Crippen LogP contribution in [0.4, 0.5) is 4.39 Å². The number of likely N-dealkylation sites (tertiary alicyclic amines) is 2. The number of hydrogen-bond donors (Lipinski definition) is 0. The van der Waals surface area contributed by atoms with Gasteiger partial charge < -0.3 is 14.4 Å². The molecule has 0 aliphatic carbocycles. The highest BCUT2D eigenvalue weighted by molar-refractivity contribution is 5.94. The second kappa shape index (κ2) is 7.46. The quantitative estimate of drug-likeness (QED) is 0.798. The van der Waals surface area contributed by atoms with Crippen molar-refractivity contribution in [3.05, 3.63) is 69.9 Å². The van der Waals surface area contributed by atoms with Crippen molar-refractivity contribution in [2.24, 2.45) is 12.5 Å². The Kier molecular flexibility index (Phi) is 4.98. The zero-order valence-corrected chi connectivity index (χ0v) is 16.4. The van der Waals surface area contributed by atoms with Gasteiger partial charge in [-0.05, 0) is 42.7 Å². The van der Waals surface area contributed by atoms with Gasteiger partial charge in [-0.15, -0.1) is 0 Å². The molecule has 2 amide bonds. The summed E-state index contributed by atoms with van der Waals surface area (Å²) in [6, 6.07) is 9.58. The second-order valence-corrected chi connectivity index (χ2v) is 8.19. The molecule has 0 bridgehead atoms. The summed E-state index contributed by atoms with van der Waals surface area (Å²) in [7, 11) is 1.63. The Bertz CT molecular complexity index is 1010. The summed E-state index contributed by atoms with van der Waals surface area (Å²) in [6.07, 6.45) is 3.52. The van der Waals surface area contributed by atoms with E-state index >= 15 is 0 Å². The standard InChI is InChI=1S/C22H24FN3O3/c1-24-9-3-6-18(20(24)28)21(29)25-10-7-22(8-11-25)13-19(27)26(15-22)14-16-4-2-5-17(23)12-16/h2-6,9,12H,7-8,10-11,13-15H2,1H3. The van der Waals surface area contributed by atoms with Gasteiger partial charge in [0.05, 0.1) is 0 Å². The first-order valence-corrected chi connectivity index (χ1v) is 9.84. The van der Waals surface area contributed by atoms with Gasteiger partial charge >= 0.3 is 0 Å². The number of amides is 2. The normalized spacial score (nSPS) is 18.5. The van der Waals surface area contributed by atoms with Crippen LogP contribution < -0.4 is 5.56 Å². The number of aryl methyl sites for hydroxylation is 1. The summed E-state index contributed by atoms with van der Waals surface area (Å²) in [6.45, 7) is 2.08. The third-order valence-corrected chi connectivity index (χ3v) is 6.13. The molecule has 7 heteroatoms. The Hall–Kier alpha value is -2.96. The molecule has 0 radical (unpaired) electrons. The number of benzene rings is 1. The number of rotatable bonds is 3. The van der Waals surface area contributed by atoms with E-state index in [2.05, 4.69) is 0 Å². The SMILES string of the molecule is Cn1cccc(C(=O)N2CCC3(CC2)CC(=O)N(Cc2cccc(F)c2)C3)c1=O. The molecule has 4 rings (SSSR count). The number of pyridine rings is 1. The molecule has 1 aromatic carbocycles. The van der Waals surface area contributed by atoms with Crippen LogP contribution in [0.25, 0.3) is 0 Å². The van der Waals surface area contributed by atoms with Crippen molar-refractivity contribution in [2.45, 2.75) is 25.8 Å². The first-order valence-electron chi connectivity index (χ1n) is 9.84. The van der Waals surface area contributed by atoms with E-state index in [4.69, 9.17) is 0 Å². The maximum absolute atomic E-state index is 13.4. The monoisotopic (exact) mass is 397 g/mol. The average Bonchev–Trinajstić information content (AvgIpc) is 2.99. The van der Waals surface area contributed by atoms with Gasteiger partial charge in [-0.3, -0.25) is 14.4 Å². The molecule has 0 atom stereocenters. The van der Waals surface area contributed by atoms with Crippen molar-refractivity contribution < 1.29 is 14.0 Å². The van der Waals surface area contributed by atoms with E-state index in [1.54, 1.807) is 41.2 Å². The van der Waals surface area contributed by atoms with Crippen molar-refractivity contribution in [3.63, 3.8) is 0 Å². The molecule has 0 saturated carbocycles. The van der Waals surface area contributed by atoms with Crippen LogP contribution in [0.1, 0.15) is 35.2 Å². The number of carbonyl (C=O) groups is 2. The summed E-state index contributed by atoms with van der Waals surface area (Å²) in [5.74, 6) is -0.476. The Morgan fingerprint density at radius 3 is 2.62 bits per heavy atom. The first-order chi connectivity index (χ1) is 13.9.